The molecule has 0 aliphatic carbocycles. The standard InChI is InChI=1S/C15H14Cl2N2O5S/c1-23-12-5-9(6-13(24-2)15(12)20)8-18-19-25(21,22)14-7-10(16)3-4-11(14)17/h3-8,19-20H,1-2H3/b18-8+. The minimum atomic E-state index is -4.00. The van der Waals surface area contributed by atoms with E-state index in [2.05, 4.69) is 5.10 Å². The SMILES string of the molecule is COc1cc(/C=N/NS(=O)(=O)c2cc(Cl)ccc2Cl)cc(OC)c1O. The number of benzene rings is 2. The van der Waals surface area contributed by atoms with Crippen molar-refractivity contribution in [2.45, 2.75) is 4.90 Å². The molecule has 0 aromatic heterocycles. The Morgan fingerprint density at radius 1 is 1.12 bits per heavy atom. The molecule has 0 aliphatic rings. The third kappa shape index (κ3) is 4.47. The van der Waals surface area contributed by atoms with E-state index in [1.54, 1.807) is 0 Å². The van der Waals surface area contributed by atoms with Gasteiger partial charge in [0.1, 0.15) is 4.90 Å². The first-order valence-corrected chi connectivity index (χ1v) is 8.97. The van der Waals surface area contributed by atoms with Crippen LogP contribution in [0.3, 0.4) is 0 Å². The Morgan fingerprint density at radius 3 is 2.28 bits per heavy atom. The van der Waals surface area contributed by atoms with Gasteiger partial charge in [-0.3, -0.25) is 0 Å². The number of halogens is 2. The van der Waals surface area contributed by atoms with Crippen molar-refractivity contribution in [3.63, 3.8) is 0 Å². The number of hydrogen-bond donors (Lipinski definition) is 2. The highest BCUT2D eigenvalue weighted by molar-refractivity contribution is 7.89. The van der Waals surface area contributed by atoms with Gasteiger partial charge in [0, 0.05) is 10.6 Å². The van der Waals surface area contributed by atoms with Gasteiger partial charge in [-0.1, -0.05) is 23.2 Å². The predicted octanol–water partition coefficient (Wildman–Crippen LogP) is 3.03. The van der Waals surface area contributed by atoms with Gasteiger partial charge in [0.15, 0.2) is 11.5 Å². The minimum absolute atomic E-state index is 0.0140. The summed E-state index contributed by atoms with van der Waals surface area (Å²) in [5, 5.41) is 13.8. The van der Waals surface area contributed by atoms with Gasteiger partial charge in [0.2, 0.25) is 5.75 Å². The van der Waals surface area contributed by atoms with Crippen LogP contribution in [0.25, 0.3) is 0 Å². The van der Waals surface area contributed by atoms with Gasteiger partial charge in [0.05, 0.1) is 25.5 Å². The second kappa shape index (κ2) is 7.81. The van der Waals surface area contributed by atoms with Crippen LogP contribution in [0.5, 0.6) is 17.2 Å². The monoisotopic (exact) mass is 404 g/mol. The number of sulfonamides is 1. The summed E-state index contributed by atoms with van der Waals surface area (Å²) in [6.07, 6.45) is 1.22. The molecule has 0 saturated heterocycles. The van der Waals surface area contributed by atoms with Gasteiger partial charge in [-0.25, -0.2) is 4.83 Å². The normalized spacial score (nSPS) is 11.5. The smallest absolute Gasteiger partial charge is 0.278 e. The number of aromatic hydroxyl groups is 1. The van der Waals surface area contributed by atoms with Crippen LogP contribution in [0.2, 0.25) is 10.0 Å². The first-order chi connectivity index (χ1) is 11.8. The fourth-order valence-electron chi connectivity index (χ4n) is 1.89. The summed E-state index contributed by atoms with van der Waals surface area (Å²) in [5.74, 6) is 0.136. The minimum Gasteiger partial charge on any atom is -0.502 e. The number of phenolic OH excluding ortho intramolecular Hbond substituents is 1. The van der Waals surface area contributed by atoms with E-state index >= 15 is 0 Å². The molecule has 0 atom stereocenters. The highest BCUT2D eigenvalue weighted by Crippen LogP contribution is 2.36. The summed E-state index contributed by atoms with van der Waals surface area (Å²) in [5.41, 5.74) is 0.436. The van der Waals surface area contributed by atoms with Crippen molar-refractivity contribution < 1.29 is 23.0 Å². The maximum absolute atomic E-state index is 12.2. The summed E-state index contributed by atoms with van der Waals surface area (Å²) in [7, 11) is -1.25. The average Bonchev–Trinajstić information content (AvgIpc) is 2.57. The Morgan fingerprint density at radius 2 is 1.72 bits per heavy atom. The number of nitrogens with one attached hydrogen (secondary N) is 1. The highest BCUT2D eigenvalue weighted by atomic mass is 35.5. The Kier molecular flexibility index (Phi) is 5.99. The molecule has 2 aromatic carbocycles. The predicted molar refractivity (Wildman–Crippen MR) is 95.6 cm³/mol. The van der Waals surface area contributed by atoms with E-state index in [1.807, 2.05) is 4.83 Å². The van der Waals surface area contributed by atoms with Crippen LogP contribution in [0.15, 0.2) is 40.3 Å². The van der Waals surface area contributed by atoms with E-state index in [9.17, 15) is 13.5 Å². The van der Waals surface area contributed by atoms with Crippen LogP contribution in [0, 0.1) is 0 Å². The van der Waals surface area contributed by atoms with Gasteiger partial charge >= 0.3 is 0 Å². The molecule has 0 aliphatic heterocycles. The van der Waals surface area contributed by atoms with Crippen molar-refractivity contribution in [2.75, 3.05) is 14.2 Å². The second-order valence-corrected chi connectivity index (χ2v) is 7.17. The zero-order valence-electron chi connectivity index (χ0n) is 13.2. The number of hydrogen-bond acceptors (Lipinski definition) is 6. The number of hydrazone groups is 1. The van der Waals surface area contributed by atoms with Crippen molar-refractivity contribution in [1.29, 1.82) is 0 Å². The molecular formula is C15H14Cl2N2O5S. The summed E-state index contributed by atoms with van der Waals surface area (Å²) in [6, 6.07) is 6.98. The molecule has 0 heterocycles. The highest BCUT2D eigenvalue weighted by Gasteiger charge is 2.17. The molecule has 0 bridgehead atoms. The summed E-state index contributed by atoms with van der Waals surface area (Å²) in [4.78, 5) is 1.84. The van der Waals surface area contributed by atoms with Crippen molar-refractivity contribution in [2.24, 2.45) is 5.10 Å². The third-order valence-corrected chi connectivity index (χ3v) is 5.01. The van der Waals surface area contributed by atoms with Crippen LogP contribution in [-0.2, 0) is 10.0 Å². The molecule has 2 rings (SSSR count). The molecule has 0 saturated carbocycles. The number of rotatable bonds is 6. The lowest BCUT2D eigenvalue weighted by molar-refractivity contribution is 0.340. The van der Waals surface area contributed by atoms with Crippen molar-refractivity contribution in [3.8, 4) is 17.2 Å². The van der Waals surface area contributed by atoms with Crippen LogP contribution in [-0.4, -0.2) is 34.0 Å². The van der Waals surface area contributed by atoms with E-state index in [1.165, 1.54) is 50.8 Å². The van der Waals surface area contributed by atoms with Crippen LogP contribution >= 0.6 is 23.2 Å². The van der Waals surface area contributed by atoms with Crippen molar-refractivity contribution >= 4 is 39.4 Å². The second-order valence-electron chi connectivity index (χ2n) is 4.70. The van der Waals surface area contributed by atoms with Crippen LogP contribution < -0.4 is 14.3 Å². The van der Waals surface area contributed by atoms with Crippen molar-refractivity contribution in [1.82, 2.24) is 4.83 Å². The Labute approximate surface area is 154 Å². The Balaban J connectivity index is 2.27. The van der Waals surface area contributed by atoms with Gasteiger partial charge in [-0.2, -0.15) is 13.5 Å². The largest absolute Gasteiger partial charge is 0.502 e. The third-order valence-electron chi connectivity index (χ3n) is 3.07. The number of ether oxygens (including phenoxy) is 2. The quantitative estimate of drug-likeness (QED) is 0.569. The molecule has 0 radical (unpaired) electrons. The van der Waals surface area contributed by atoms with Gasteiger partial charge in [-0.05, 0) is 30.3 Å². The molecule has 2 N–H and O–H groups in total. The molecule has 0 spiro atoms. The average molecular weight is 405 g/mol. The van der Waals surface area contributed by atoms with Crippen LogP contribution in [0.4, 0.5) is 0 Å². The van der Waals surface area contributed by atoms with Crippen LogP contribution in [0.1, 0.15) is 5.56 Å². The van der Waals surface area contributed by atoms with E-state index < -0.39 is 10.0 Å². The Bertz CT molecular complexity index is 891. The van der Waals surface area contributed by atoms with Gasteiger partial charge < -0.3 is 14.6 Å². The zero-order valence-corrected chi connectivity index (χ0v) is 15.5. The van der Waals surface area contributed by atoms with Gasteiger partial charge in [0.25, 0.3) is 10.0 Å². The number of methoxy groups -OCH3 is 2. The molecule has 7 nitrogen and oxygen atoms in total. The lowest BCUT2D eigenvalue weighted by Gasteiger charge is -2.09. The zero-order chi connectivity index (χ0) is 18.6. The lowest BCUT2D eigenvalue weighted by Crippen LogP contribution is -2.18. The maximum Gasteiger partial charge on any atom is 0.278 e. The first kappa shape index (κ1) is 19.2. The molecule has 0 fully saturated rings. The van der Waals surface area contributed by atoms with E-state index in [0.717, 1.165) is 0 Å². The number of nitrogens with zero attached hydrogens (tertiary/aromatic N) is 1. The molecule has 0 amide bonds. The summed E-state index contributed by atoms with van der Waals surface area (Å²) in [6.45, 7) is 0. The summed E-state index contributed by atoms with van der Waals surface area (Å²) >= 11 is 11.7. The van der Waals surface area contributed by atoms with Crippen molar-refractivity contribution in [3.05, 3.63) is 45.9 Å². The molecular weight excluding hydrogens is 391 g/mol. The Hall–Kier alpha value is -2.16. The molecule has 2 aromatic rings. The molecule has 0 unspecified atom stereocenters. The summed E-state index contributed by atoms with van der Waals surface area (Å²) < 4.78 is 34.5. The lowest BCUT2D eigenvalue weighted by atomic mass is 10.2. The topological polar surface area (TPSA) is 97.2 Å². The van der Waals surface area contributed by atoms with E-state index in [0.29, 0.717) is 5.56 Å². The van der Waals surface area contributed by atoms with Gasteiger partial charge in [-0.15, -0.1) is 0 Å². The number of phenols is 1. The first-order valence-electron chi connectivity index (χ1n) is 6.73. The molecule has 25 heavy (non-hydrogen) atoms. The van der Waals surface area contributed by atoms with E-state index in [-0.39, 0.29) is 32.2 Å². The maximum atomic E-state index is 12.2. The molecule has 10 heteroatoms. The fraction of sp³-hybridized carbons (Fsp3) is 0.133. The fourth-order valence-corrected chi connectivity index (χ4v) is 3.45. The van der Waals surface area contributed by atoms with E-state index in [4.69, 9.17) is 32.7 Å². The molecule has 134 valence electrons.